The van der Waals surface area contributed by atoms with Gasteiger partial charge in [-0.05, 0) is 85.5 Å². The fourth-order valence-electron chi connectivity index (χ4n) is 9.55. The Morgan fingerprint density at radius 1 is 0.623 bits per heavy atom. The highest BCUT2D eigenvalue weighted by atomic mass is 16.6. The number of nitrogens with zero attached hydrogens (tertiary/aromatic N) is 1. The van der Waals surface area contributed by atoms with Gasteiger partial charge in [-0.3, -0.25) is 4.79 Å². The molecule has 4 aliphatic carbocycles. The first-order valence-electron chi connectivity index (χ1n) is 18.7. The molecule has 9 rings (SSSR count). The molecule has 4 saturated carbocycles. The number of nitrogens with one attached hydrogen (secondary N) is 1. The molecular weight excluding hydrogens is 668 g/mol. The Balaban J connectivity index is 1.06. The lowest BCUT2D eigenvalue weighted by Crippen LogP contribution is -2.74. The van der Waals surface area contributed by atoms with Crippen LogP contribution in [-0.2, 0) is 28.6 Å². The first kappa shape index (κ1) is 34.6. The van der Waals surface area contributed by atoms with E-state index in [1.165, 1.54) is 24.2 Å². The predicted octanol–water partition coefficient (Wildman–Crippen LogP) is 7.31. The minimum atomic E-state index is -1.75. The van der Waals surface area contributed by atoms with Crippen LogP contribution in [0.4, 0.5) is 4.79 Å². The van der Waals surface area contributed by atoms with E-state index in [1.54, 1.807) is 6.92 Å². The fourth-order valence-corrected chi connectivity index (χ4v) is 9.55. The third-order valence-corrected chi connectivity index (χ3v) is 11.6. The zero-order valence-electron chi connectivity index (χ0n) is 29.7. The van der Waals surface area contributed by atoms with Crippen LogP contribution in [0.5, 0.6) is 0 Å². The SMILES string of the molecule is CC1C(NC(=O)OC23CC4CC(CC(C4)C2)C3)C(=O)N1C(C(=O)OC(c1ccccc1)c1ccccc1)C(=O)OC(c1ccccc1)c1ccccc1. The number of likely N-dealkylation sites (tertiary alicyclic amines) is 1. The van der Waals surface area contributed by atoms with E-state index < -0.39 is 59.9 Å². The number of rotatable bonds is 11. The van der Waals surface area contributed by atoms with E-state index in [9.17, 15) is 19.2 Å². The summed E-state index contributed by atoms with van der Waals surface area (Å²) < 4.78 is 18.5. The smallest absolute Gasteiger partial charge is 0.408 e. The van der Waals surface area contributed by atoms with Gasteiger partial charge >= 0.3 is 18.0 Å². The van der Waals surface area contributed by atoms with Gasteiger partial charge in [0.1, 0.15) is 11.6 Å². The molecule has 53 heavy (non-hydrogen) atoms. The van der Waals surface area contributed by atoms with Crippen LogP contribution in [0.2, 0.25) is 0 Å². The quantitative estimate of drug-likeness (QED) is 0.0751. The Morgan fingerprint density at radius 3 is 1.32 bits per heavy atom. The van der Waals surface area contributed by atoms with Crippen LogP contribution in [0.1, 0.15) is 79.9 Å². The molecule has 0 aromatic heterocycles. The van der Waals surface area contributed by atoms with Crippen molar-refractivity contribution >= 4 is 23.9 Å². The van der Waals surface area contributed by atoms with Crippen LogP contribution < -0.4 is 5.32 Å². The fraction of sp³-hybridized carbons (Fsp3) is 0.364. The lowest BCUT2D eigenvalue weighted by Gasteiger charge is -2.55. The van der Waals surface area contributed by atoms with Crippen LogP contribution in [0.25, 0.3) is 0 Å². The van der Waals surface area contributed by atoms with Gasteiger partial charge in [0.15, 0.2) is 12.2 Å². The zero-order valence-corrected chi connectivity index (χ0v) is 29.7. The molecule has 1 N–H and O–H groups in total. The second-order valence-corrected chi connectivity index (χ2v) is 15.3. The van der Waals surface area contributed by atoms with Crippen molar-refractivity contribution in [1.29, 1.82) is 0 Å². The Bertz CT molecular complexity index is 1730. The molecule has 4 aromatic carbocycles. The number of β-lactam (4-membered cyclic amide) rings is 1. The van der Waals surface area contributed by atoms with Crippen LogP contribution in [0.3, 0.4) is 0 Å². The molecule has 9 heteroatoms. The van der Waals surface area contributed by atoms with E-state index >= 15 is 0 Å². The molecule has 5 fully saturated rings. The molecule has 1 aliphatic heterocycles. The summed E-state index contributed by atoms with van der Waals surface area (Å²) in [5.74, 6) is -0.733. The zero-order chi connectivity index (χ0) is 36.5. The molecule has 1 saturated heterocycles. The second kappa shape index (κ2) is 14.5. The highest BCUT2D eigenvalue weighted by molar-refractivity contribution is 6.06. The van der Waals surface area contributed by atoms with Crippen molar-refractivity contribution in [3.8, 4) is 0 Å². The van der Waals surface area contributed by atoms with Crippen molar-refractivity contribution in [1.82, 2.24) is 10.2 Å². The minimum Gasteiger partial charge on any atom is -0.451 e. The van der Waals surface area contributed by atoms with E-state index in [1.807, 2.05) is 121 Å². The Morgan fingerprint density at radius 2 is 0.981 bits per heavy atom. The summed E-state index contributed by atoms with van der Waals surface area (Å²) in [5.41, 5.74) is 2.29. The topological polar surface area (TPSA) is 111 Å². The normalized spacial score (nSPS) is 25.6. The highest BCUT2D eigenvalue weighted by Crippen LogP contribution is 2.57. The van der Waals surface area contributed by atoms with Gasteiger partial charge in [-0.1, -0.05) is 121 Å². The average molecular weight is 713 g/mol. The Kier molecular flexibility index (Phi) is 9.49. The van der Waals surface area contributed by atoms with Crippen molar-refractivity contribution in [3.05, 3.63) is 144 Å². The average Bonchev–Trinajstić information content (AvgIpc) is 3.17. The van der Waals surface area contributed by atoms with Crippen LogP contribution in [0.15, 0.2) is 121 Å². The van der Waals surface area contributed by atoms with Gasteiger partial charge < -0.3 is 24.4 Å². The van der Waals surface area contributed by atoms with Crippen molar-refractivity contribution < 1.29 is 33.4 Å². The number of esters is 2. The number of hydrogen-bond acceptors (Lipinski definition) is 7. The predicted molar refractivity (Wildman–Crippen MR) is 196 cm³/mol. The van der Waals surface area contributed by atoms with Crippen LogP contribution in [-0.4, -0.2) is 52.6 Å². The lowest BCUT2D eigenvalue weighted by atomic mass is 9.54. The molecule has 0 radical (unpaired) electrons. The summed E-state index contributed by atoms with van der Waals surface area (Å²) in [6.07, 6.45) is 3.83. The Labute approximate surface area is 309 Å². The third kappa shape index (κ3) is 7.04. The van der Waals surface area contributed by atoms with Gasteiger partial charge in [-0.2, -0.15) is 0 Å². The van der Waals surface area contributed by atoms with Crippen molar-refractivity contribution in [2.75, 3.05) is 0 Å². The van der Waals surface area contributed by atoms with E-state index in [2.05, 4.69) is 5.32 Å². The summed E-state index contributed by atoms with van der Waals surface area (Å²) in [6.45, 7) is 1.70. The summed E-state index contributed by atoms with van der Waals surface area (Å²) in [6, 6.07) is 33.4. The molecule has 9 nitrogen and oxygen atoms in total. The number of carbonyl (C=O) groups is 4. The minimum absolute atomic E-state index is 0.488. The van der Waals surface area contributed by atoms with E-state index in [0.717, 1.165) is 19.3 Å². The second-order valence-electron chi connectivity index (χ2n) is 15.3. The van der Waals surface area contributed by atoms with Gasteiger partial charge in [0, 0.05) is 0 Å². The molecule has 272 valence electrons. The van der Waals surface area contributed by atoms with E-state index in [0.29, 0.717) is 40.0 Å². The first-order chi connectivity index (χ1) is 25.8. The summed E-state index contributed by atoms with van der Waals surface area (Å²) in [5, 5.41) is 2.78. The monoisotopic (exact) mass is 712 g/mol. The molecule has 5 aliphatic rings. The summed E-state index contributed by atoms with van der Waals surface area (Å²) in [4.78, 5) is 57.5. The lowest BCUT2D eigenvalue weighted by molar-refractivity contribution is -0.181. The van der Waals surface area contributed by atoms with Crippen LogP contribution in [0, 0.1) is 17.8 Å². The molecule has 0 spiro atoms. The van der Waals surface area contributed by atoms with Crippen molar-refractivity contribution in [3.63, 3.8) is 0 Å². The molecule has 2 amide bonds. The van der Waals surface area contributed by atoms with Gasteiger partial charge in [0.25, 0.3) is 0 Å². The van der Waals surface area contributed by atoms with E-state index in [-0.39, 0.29) is 0 Å². The maximum absolute atomic E-state index is 14.4. The Hall–Kier alpha value is -5.44. The first-order valence-corrected chi connectivity index (χ1v) is 18.7. The number of amides is 2. The molecular formula is C44H44N2O7. The molecule has 4 aromatic rings. The molecule has 2 unspecified atom stereocenters. The highest BCUT2D eigenvalue weighted by Gasteiger charge is 2.57. The van der Waals surface area contributed by atoms with Gasteiger partial charge in [-0.15, -0.1) is 0 Å². The van der Waals surface area contributed by atoms with Crippen molar-refractivity contribution in [2.24, 2.45) is 17.8 Å². The number of ether oxygens (including phenoxy) is 3. The van der Waals surface area contributed by atoms with Gasteiger partial charge in [-0.25, -0.2) is 14.4 Å². The number of alkyl carbamates (subject to hydrolysis) is 1. The number of hydrogen-bond donors (Lipinski definition) is 1. The maximum atomic E-state index is 14.4. The molecule has 2 atom stereocenters. The number of carbonyl (C=O) groups excluding carboxylic acids is 4. The molecule has 1 heterocycles. The third-order valence-electron chi connectivity index (χ3n) is 11.6. The summed E-state index contributed by atoms with van der Waals surface area (Å²) >= 11 is 0. The molecule has 4 bridgehead atoms. The van der Waals surface area contributed by atoms with Crippen molar-refractivity contribution in [2.45, 2.75) is 81.4 Å². The van der Waals surface area contributed by atoms with E-state index in [4.69, 9.17) is 14.2 Å². The summed E-state index contributed by atoms with van der Waals surface area (Å²) in [7, 11) is 0. The van der Waals surface area contributed by atoms with Gasteiger partial charge in [0.2, 0.25) is 11.9 Å². The standard InChI is InChI=1S/C44H44N2O7/c1-28-36(45-43(50)53-44-25-29-22-30(26-44)24-31(23-29)27-44)40(47)46(28)37(41(48)51-38(32-14-6-2-7-15-32)33-16-8-3-9-17-33)42(49)52-39(34-18-10-4-11-19-34)35-20-12-5-13-21-35/h2-21,28-31,36-39H,22-27H2,1H3,(H,45,50). The van der Waals surface area contributed by atoms with Crippen LogP contribution >= 0.6 is 0 Å². The maximum Gasteiger partial charge on any atom is 0.408 e. The largest absolute Gasteiger partial charge is 0.451 e. The van der Waals surface area contributed by atoms with Gasteiger partial charge in [0.05, 0.1) is 6.04 Å². The number of benzene rings is 4.